The molecule has 194 valence electrons. The second-order valence-corrected chi connectivity index (χ2v) is 9.06. The van der Waals surface area contributed by atoms with Gasteiger partial charge in [-0.15, -0.1) is 5.10 Å². The number of halogens is 1. The molecule has 0 saturated carbocycles. The number of ether oxygens (including phenoxy) is 1. The molecule has 4 N–H and O–H groups in total. The maximum Gasteiger partial charge on any atom is 0.246 e. The van der Waals surface area contributed by atoms with Crippen molar-refractivity contribution in [2.75, 3.05) is 30.4 Å². The summed E-state index contributed by atoms with van der Waals surface area (Å²) in [5, 5.41) is 27.1. The average Bonchev–Trinajstić information content (AvgIpc) is 3.30. The maximum absolute atomic E-state index is 13.3. The summed E-state index contributed by atoms with van der Waals surface area (Å²) in [4.78, 5) is 20.9. The third-order valence-electron chi connectivity index (χ3n) is 5.40. The molecule has 0 spiro atoms. The number of hydrogen-bond acceptors (Lipinski definition) is 9. The smallest absolute Gasteiger partial charge is 0.246 e. The van der Waals surface area contributed by atoms with E-state index in [1.807, 2.05) is 32.0 Å². The van der Waals surface area contributed by atoms with Gasteiger partial charge in [-0.2, -0.15) is 0 Å². The number of nitrogens with zero attached hydrogens (tertiary/aromatic N) is 5. The van der Waals surface area contributed by atoms with E-state index in [2.05, 4.69) is 36.2 Å². The first-order valence-corrected chi connectivity index (χ1v) is 11.8. The van der Waals surface area contributed by atoms with Gasteiger partial charge in [-0.1, -0.05) is 11.3 Å². The molecule has 0 aliphatic rings. The molecule has 0 saturated heterocycles. The minimum absolute atomic E-state index is 0.0663. The van der Waals surface area contributed by atoms with Gasteiger partial charge in [0.1, 0.15) is 30.3 Å². The molecular formula is C25H29FN8O3. The summed E-state index contributed by atoms with van der Waals surface area (Å²) in [6.45, 7) is 5.10. The van der Waals surface area contributed by atoms with Crippen molar-refractivity contribution in [3.8, 4) is 5.75 Å². The molecule has 2 heterocycles. The van der Waals surface area contributed by atoms with Crippen LogP contribution in [0.15, 0.2) is 55.0 Å². The Kier molecular flexibility index (Phi) is 8.21. The molecule has 4 aromatic rings. The zero-order chi connectivity index (χ0) is 26.3. The number of carbonyl (C=O) groups is 1. The molecule has 0 atom stereocenters. The molecule has 0 aliphatic heterocycles. The lowest BCUT2D eigenvalue weighted by molar-refractivity contribution is -0.116. The molecule has 37 heavy (non-hydrogen) atoms. The molecule has 0 radical (unpaired) electrons. The summed E-state index contributed by atoms with van der Waals surface area (Å²) in [7, 11) is 0. The Labute approximate surface area is 213 Å². The summed E-state index contributed by atoms with van der Waals surface area (Å²) < 4.78 is 20.5. The highest BCUT2D eigenvalue weighted by molar-refractivity contribution is 5.91. The predicted molar refractivity (Wildman–Crippen MR) is 137 cm³/mol. The monoisotopic (exact) mass is 508 g/mol. The molecule has 11 nitrogen and oxygen atoms in total. The lowest BCUT2D eigenvalue weighted by atomic mass is 10.1. The largest absolute Gasteiger partial charge is 0.493 e. The first-order chi connectivity index (χ1) is 17.8. The fourth-order valence-electron chi connectivity index (χ4n) is 3.44. The standard InChI is InChI=1S/C25H29FN8O3/c1-25(2,15-35)29-9-4-10-37-19-7-8-20-21(12-19)27-16-28-24(20)31-22-13-34(33-32-22)14-23(36)30-18-6-3-5-17(26)11-18/h3,5-8,11-13,16,29,35H,4,9-10,14-15H2,1-2H3,(H,30,36)(H,27,28,31). The topological polar surface area (TPSA) is 139 Å². The van der Waals surface area contributed by atoms with Gasteiger partial charge in [-0.25, -0.2) is 19.0 Å². The number of rotatable bonds is 12. The van der Waals surface area contributed by atoms with Gasteiger partial charge in [0.15, 0.2) is 5.82 Å². The first kappa shape index (κ1) is 25.9. The Morgan fingerprint density at radius 1 is 1.19 bits per heavy atom. The van der Waals surface area contributed by atoms with Crippen LogP contribution in [0, 0.1) is 5.82 Å². The van der Waals surface area contributed by atoms with Gasteiger partial charge < -0.3 is 25.8 Å². The molecular weight excluding hydrogens is 479 g/mol. The summed E-state index contributed by atoms with van der Waals surface area (Å²) in [5.74, 6) is 0.820. The van der Waals surface area contributed by atoms with Crippen LogP contribution in [0.2, 0.25) is 0 Å². The van der Waals surface area contributed by atoms with E-state index in [1.165, 1.54) is 29.2 Å². The van der Waals surface area contributed by atoms with Crippen LogP contribution in [-0.4, -0.2) is 61.3 Å². The van der Waals surface area contributed by atoms with Crippen molar-refractivity contribution in [1.82, 2.24) is 30.3 Å². The highest BCUT2D eigenvalue weighted by Crippen LogP contribution is 2.25. The summed E-state index contributed by atoms with van der Waals surface area (Å²) in [6.07, 6.45) is 3.79. The number of benzene rings is 2. The van der Waals surface area contributed by atoms with E-state index in [4.69, 9.17) is 4.74 Å². The number of aliphatic hydroxyl groups excluding tert-OH is 1. The average molecular weight is 509 g/mol. The molecule has 0 unspecified atom stereocenters. The van der Waals surface area contributed by atoms with E-state index in [-0.39, 0.29) is 24.6 Å². The highest BCUT2D eigenvalue weighted by atomic mass is 19.1. The van der Waals surface area contributed by atoms with Gasteiger partial charge in [-0.05, 0) is 57.1 Å². The Balaban J connectivity index is 1.33. The van der Waals surface area contributed by atoms with Crippen molar-refractivity contribution in [1.29, 1.82) is 0 Å². The molecule has 2 aromatic heterocycles. The van der Waals surface area contributed by atoms with Crippen molar-refractivity contribution >= 4 is 34.1 Å². The lowest BCUT2D eigenvalue weighted by Crippen LogP contribution is -2.43. The molecule has 1 amide bonds. The first-order valence-electron chi connectivity index (χ1n) is 11.8. The van der Waals surface area contributed by atoms with E-state index in [9.17, 15) is 14.3 Å². The molecule has 4 rings (SSSR count). The molecule has 0 bridgehead atoms. The van der Waals surface area contributed by atoms with Crippen LogP contribution in [0.1, 0.15) is 20.3 Å². The Morgan fingerprint density at radius 2 is 2.05 bits per heavy atom. The number of hydrogen-bond donors (Lipinski definition) is 4. The van der Waals surface area contributed by atoms with Crippen molar-refractivity contribution in [2.45, 2.75) is 32.4 Å². The number of nitrogens with one attached hydrogen (secondary N) is 3. The van der Waals surface area contributed by atoms with Crippen LogP contribution in [0.25, 0.3) is 10.9 Å². The highest BCUT2D eigenvalue weighted by Gasteiger charge is 2.14. The van der Waals surface area contributed by atoms with Gasteiger partial charge in [0, 0.05) is 22.7 Å². The Hall–Kier alpha value is -4.16. The SMILES string of the molecule is CC(C)(CO)NCCCOc1ccc2c(Nc3cn(CC(=O)Nc4cccc(F)c4)nn3)ncnc2c1. The number of carbonyl (C=O) groups excluding carboxylic acids is 1. The zero-order valence-electron chi connectivity index (χ0n) is 20.6. The van der Waals surface area contributed by atoms with Crippen LogP contribution < -0.4 is 20.7 Å². The fourth-order valence-corrected chi connectivity index (χ4v) is 3.44. The van der Waals surface area contributed by atoms with E-state index < -0.39 is 5.82 Å². The normalized spacial score (nSPS) is 11.5. The van der Waals surface area contributed by atoms with E-state index >= 15 is 0 Å². The van der Waals surface area contributed by atoms with Crippen LogP contribution in [0.3, 0.4) is 0 Å². The number of fused-ring (bicyclic) bond motifs is 1. The van der Waals surface area contributed by atoms with Gasteiger partial charge >= 0.3 is 0 Å². The van der Waals surface area contributed by atoms with Gasteiger partial charge in [0.25, 0.3) is 0 Å². The van der Waals surface area contributed by atoms with Gasteiger partial charge in [-0.3, -0.25) is 4.79 Å². The van der Waals surface area contributed by atoms with Crippen molar-refractivity contribution < 1.29 is 19.0 Å². The predicted octanol–water partition coefficient (Wildman–Crippen LogP) is 2.87. The number of amides is 1. The van der Waals surface area contributed by atoms with Gasteiger partial charge in [0.2, 0.25) is 5.91 Å². The molecule has 0 fully saturated rings. The lowest BCUT2D eigenvalue weighted by Gasteiger charge is -2.23. The van der Waals surface area contributed by atoms with Crippen molar-refractivity contribution in [2.24, 2.45) is 0 Å². The maximum atomic E-state index is 13.3. The summed E-state index contributed by atoms with van der Waals surface area (Å²) >= 11 is 0. The van der Waals surface area contributed by atoms with Crippen LogP contribution in [0.5, 0.6) is 5.75 Å². The van der Waals surface area contributed by atoms with Gasteiger partial charge in [0.05, 0.1) is 24.9 Å². The molecule has 0 aliphatic carbocycles. The quantitative estimate of drug-likeness (QED) is 0.213. The minimum atomic E-state index is -0.434. The third-order valence-corrected chi connectivity index (χ3v) is 5.40. The van der Waals surface area contributed by atoms with Crippen LogP contribution in [-0.2, 0) is 11.3 Å². The third kappa shape index (κ3) is 7.41. The van der Waals surface area contributed by atoms with Crippen molar-refractivity contribution in [3.63, 3.8) is 0 Å². The summed E-state index contributed by atoms with van der Waals surface area (Å²) in [5.41, 5.74) is 0.738. The zero-order valence-corrected chi connectivity index (χ0v) is 20.6. The minimum Gasteiger partial charge on any atom is -0.493 e. The van der Waals surface area contributed by atoms with E-state index in [1.54, 1.807) is 12.3 Å². The second kappa shape index (κ2) is 11.7. The molecule has 12 heteroatoms. The number of anilines is 3. The van der Waals surface area contributed by atoms with E-state index in [0.29, 0.717) is 35.2 Å². The second-order valence-electron chi connectivity index (χ2n) is 9.06. The Morgan fingerprint density at radius 3 is 2.86 bits per heavy atom. The van der Waals surface area contributed by atoms with E-state index in [0.717, 1.165) is 18.4 Å². The number of aromatic nitrogens is 5. The van der Waals surface area contributed by atoms with Crippen molar-refractivity contribution in [3.05, 3.63) is 60.8 Å². The number of aliphatic hydroxyl groups is 1. The van der Waals surface area contributed by atoms with Crippen LogP contribution in [0.4, 0.5) is 21.7 Å². The van der Waals surface area contributed by atoms with Crippen LogP contribution >= 0.6 is 0 Å². The molecule has 2 aromatic carbocycles. The fraction of sp³-hybridized carbons (Fsp3) is 0.320. The summed E-state index contributed by atoms with van der Waals surface area (Å²) in [6, 6.07) is 11.2. The Bertz CT molecular complexity index is 1360.